The molecule has 0 saturated heterocycles. The number of carboxylic acid groups (broad SMARTS) is 1. The van der Waals surface area contributed by atoms with Gasteiger partial charge in [0.1, 0.15) is 0 Å². The molecule has 128 valence electrons. The Morgan fingerprint density at radius 3 is 1.50 bits per heavy atom. The van der Waals surface area contributed by atoms with Crippen molar-refractivity contribution in [3.05, 3.63) is 108 Å². The molecule has 0 bridgehead atoms. The molecule has 0 atom stereocenters. The molecule has 0 amide bonds. The number of hydrogen-bond donors (Lipinski definition) is 1. The molecule has 0 saturated carbocycles. The van der Waals surface area contributed by atoms with Gasteiger partial charge in [-0.05, 0) is 16.7 Å². The lowest BCUT2D eigenvalue weighted by Gasteiger charge is -2.13. The fraction of sp³-hybridized carbons (Fsp3) is 0.0435. The number of carbonyl (C=O) groups excluding carboxylic acids is 1. The monoisotopic (exact) mass is 342 g/mol. The van der Waals surface area contributed by atoms with Gasteiger partial charge in [0.05, 0.1) is 5.57 Å². The van der Waals surface area contributed by atoms with Crippen molar-refractivity contribution in [3.8, 4) is 0 Å². The van der Waals surface area contributed by atoms with Crippen LogP contribution in [-0.2, 0) is 4.79 Å². The van der Waals surface area contributed by atoms with Gasteiger partial charge in [0.15, 0.2) is 5.78 Å². The molecule has 3 heteroatoms. The molecule has 3 rings (SSSR count). The van der Waals surface area contributed by atoms with Crippen molar-refractivity contribution in [3.63, 3.8) is 0 Å². The van der Waals surface area contributed by atoms with Gasteiger partial charge in [-0.25, -0.2) is 4.79 Å². The first-order valence-electron chi connectivity index (χ1n) is 8.32. The van der Waals surface area contributed by atoms with Crippen LogP contribution in [0.2, 0.25) is 0 Å². The Bertz CT molecular complexity index is 927. The predicted octanol–water partition coefficient (Wildman–Crippen LogP) is 4.96. The second-order valence-corrected chi connectivity index (χ2v) is 5.86. The third-order valence-corrected chi connectivity index (χ3v) is 4.13. The summed E-state index contributed by atoms with van der Waals surface area (Å²) in [6, 6.07) is 27.1. The SMILES string of the molecule is O=C(O)/C(=C(\CC(=O)c1ccccc1)c1ccccc1)c1ccccc1. The molecule has 0 aromatic heterocycles. The summed E-state index contributed by atoms with van der Waals surface area (Å²) in [5, 5.41) is 9.87. The molecule has 0 fully saturated rings. The largest absolute Gasteiger partial charge is 0.478 e. The van der Waals surface area contributed by atoms with Crippen LogP contribution in [0.1, 0.15) is 27.9 Å². The minimum atomic E-state index is -1.05. The van der Waals surface area contributed by atoms with Gasteiger partial charge in [0, 0.05) is 12.0 Å². The number of allylic oxidation sites excluding steroid dienone is 1. The molecule has 0 spiro atoms. The molecule has 0 radical (unpaired) electrons. The van der Waals surface area contributed by atoms with Crippen LogP contribution in [0.5, 0.6) is 0 Å². The molecule has 26 heavy (non-hydrogen) atoms. The average Bonchev–Trinajstić information content (AvgIpc) is 2.69. The van der Waals surface area contributed by atoms with Crippen LogP contribution in [0.3, 0.4) is 0 Å². The number of Topliss-reactive ketones (excluding diaryl/α,β-unsaturated/α-hetero) is 1. The molecule has 3 nitrogen and oxygen atoms in total. The molecular weight excluding hydrogens is 324 g/mol. The number of carboxylic acids is 1. The standard InChI is InChI=1S/C23H18O3/c24-21(18-12-6-2-7-13-18)16-20(17-10-4-1-5-11-17)22(23(25)26)19-14-8-3-9-15-19/h1-15H,16H2,(H,25,26)/b22-20+. The van der Waals surface area contributed by atoms with Crippen molar-refractivity contribution in [1.29, 1.82) is 0 Å². The van der Waals surface area contributed by atoms with Crippen molar-refractivity contribution in [2.45, 2.75) is 6.42 Å². The molecule has 0 aliphatic carbocycles. The van der Waals surface area contributed by atoms with Gasteiger partial charge in [-0.2, -0.15) is 0 Å². The quantitative estimate of drug-likeness (QED) is 0.391. The predicted molar refractivity (Wildman–Crippen MR) is 103 cm³/mol. The first-order valence-corrected chi connectivity index (χ1v) is 8.32. The van der Waals surface area contributed by atoms with Crippen LogP contribution in [0, 0.1) is 0 Å². The number of ketones is 1. The maximum absolute atomic E-state index is 12.8. The molecule has 3 aromatic rings. The Balaban J connectivity index is 2.14. The van der Waals surface area contributed by atoms with Crippen LogP contribution in [0.4, 0.5) is 0 Å². The number of aliphatic carboxylic acids is 1. The zero-order valence-corrected chi connectivity index (χ0v) is 14.1. The smallest absolute Gasteiger partial charge is 0.336 e. The van der Waals surface area contributed by atoms with E-state index in [0.29, 0.717) is 16.7 Å². The molecule has 1 N–H and O–H groups in total. The molecule has 0 unspecified atom stereocenters. The van der Waals surface area contributed by atoms with Crippen molar-refractivity contribution >= 4 is 22.9 Å². The van der Waals surface area contributed by atoms with Gasteiger partial charge in [-0.1, -0.05) is 91.0 Å². The minimum absolute atomic E-state index is 0.0184. The van der Waals surface area contributed by atoms with Crippen LogP contribution < -0.4 is 0 Å². The highest BCUT2D eigenvalue weighted by Crippen LogP contribution is 2.30. The topological polar surface area (TPSA) is 54.4 Å². The van der Waals surface area contributed by atoms with E-state index in [4.69, 9.17) is 0 Å². The summed E-state index contributed by atoms with van der Waals surface area (Å²) in [7, 11) is 0. The Kier molecular flexibility index (Phi) is 5.40. The van der Waals surface area contributed by atoms with E-state index in [1.165, 1.54) is 0 Å². The third-order valence-electron chi connectivity index (χ3n) is 4.13. The summed E-state index contributed by atoms with van der Waals surface area (Å²) in [6.45, 7) is 0. The summed E-state index contributed by atoms with van der Waals surface area (Å²) in [5.74, 6) is -1.16. The summed E-state index contributed by atoms with van der Waals surface area (Å²) in [5.41, 5.74) is 2.55. The van der Waals surface area contributed by atoms with E-state index in [-0.39, 0.29) is 17.8 Å². The van der Waals surface area contributed by atoms with Gasteiger partial charge < -0.3 is 5.11 Å². The van der Waals surface area contributed by atoms with Gasteiger partial charge in [0.2, 0.25) is 0 Å². The summed E-state index contributed by atoms with van der Waals surface area (Å²) < 4.78 is 0. The highest BCUT2D eigenvalue weighted by molar-refractivity contribution is 6.25. The van der Waals surface area contributed by atoms with E-state index in [2.05, 4.69) is 0 Å². The van der Waals surface area contributed by atoms with E-state index < -0.39 is 5.97 Å². The first-order chi connectivity index (χ1) is 12.7. The summed E-state index contributed by atoms with van der Waals surface area (Å²) in [4.78, 5) is 24.8. The highest BCUT2D eigenvalue weighted by Gasteiger charge is 2.21. The number of hydrogen-bond acceptors (Lipinski definition) is 2. The lowest BCUT2D eigenvalue weighted by atomic mass is 9.90. The van der Waals surface area contributed by atoms with Gasteiger partial charge in [-0.3, -0.25) is 4.79 Å². The van der Waals surface area contributed by atoms with Crippen molar-refractivity contribution in [2.75, 3.05) is 0 Å². The molecule has 0 aliphatic rings. The second-order valence-electron chi connectivity index (χ2n) is 5.86. The highest BCUT2D eigenvalue weighted by atomic mass is 16.4. The van der Waals surface area contributed by atoms with Crippen LogP contribution >= 0.6 is 0 Å². The fourth-order valence-corrected chi connectivity index (χ4v) is 2.89. The average molecular weight is 342 g/mol. The Labute approximate surface area is 152 Å². The number of carbonyl (C=O) groups is 2. The van der Waals surface area contributed by atoms with E-state index in [0.717, 1.165) is 5.56 Å². The summed E-state index contributed by atoms with van der Waals surface area (Å²) in [6.07, 6.45) is 0.0184. The molecular formula is C23H18O3. The van der Waals surface area contributed by atoms with E-state index in [9.17, 15) is 14.7 Å². The van der Waals surface area contributed by atoms with E-state index >= 15 is 0 Å². The van der Waals surface area contributed by atoms with Crippen molar-refractivity contribution in [1.82, 2.24) is 0 Å². The van der Waals surface area contributed by atoms with Gasteiger partial charge in [-0.15, -0.1) is 0 Å². The Hall–Kier alpha value is -3.46. The van der Waals surface area contributed by atoms with Crippen LogP contribution in [0.15, 0.2) is 91.0 Å². The van der Waals surface area contributed by atoms with Crippen molar-refractivity contribution in [2.24, 2.45) is 0 Å². The lowest BCUT2D eigenvalue weighted by Crippen LogP contribution is -2.08. The Morgan fingerprint density at radius 2 is 1.04 bits per heavy atom. The first kappa shape index (κ1) is 17.4. The lowest BCUT2D eigenvalue weighted by molar-refractivity contribution is -0.130. The number of rotatable bonds is 6. The Morgan fingerprint density at radius 1 is 0.615 bits per heavy atom. The zero-order valence-electron chi connectivity index (χ0n) is 14.1. The maximum atomic E-state index is 12.8. The summed E-state index contributed by atoms with van der Waals surface area (Å²) >= 11 is 0. The molecule has 3 aromatic carbocycles. The van der Waals surface area contributed by atoms with E-state index in [1.54, 1.807) is 48.5 Å². The fourth-order valence-electron chi connectivity index (χ4n) is 2.89. The van der Waals surface area contributed by atoms with Crippen molar-refractivity contribution < 1.29 is 14.7 Å². The second kappa shape index (κ2) is 8.08. The van der Waals surface area contributed by atoms with Crippen LogP contribution in [0.25, 0.3) is 11.1 Å². The minimum Gasteiger partial charge on any atom is -0.478 e. The zero-order chi connectivity index (χ0) is 18.4. The molecule has 0 heterocycles. The maximum Gasteiger partial charge on any atom is 0.336 e. The van der Waals surface area contributed by atoms with E-state index in [1.807, 2.05) is 42.5 Å². The van der Waals surface area contributed by atoms with Gasteiger partial charge >= 0.3 is 5.97 Å². The number of benzene rings is 3. The molecule has 0 aliphatic heterocycles. The van der Waals surface area contributed by atoms with Gasteiger partial charge in [0.25, 0.3) is 0 Å². The normalized spacial score (nSPS) is 11.5. The van der Waals surface area contributed by atoms with Crippen LogP contribution in [-0.4, -0.2) is 16.9 Å². The third kappa shape index (κ3) is 3.95.